The van der Waals surface area contributed by atoms with Crippen molar-refractivity contribution in [2.24, 2.45) is 0 Å². The predicted molar refractivity (Wildman–Crippen MR) is 92.8 cm³/mol. The van der Waals surface area contributed by atoms with Gasteiger partial charge >= 0.3 is 5.97 Å². The maximum Gasteiger partial charge on any atom is 0.306 e. The first kappa shape index (κ1) is 14.7. The molecule has 0 bridgehead atoms. The zero-order valence-electron chi connectivity index (χ0n) is 13.6. The van der Waals surface area contributed by atoms with Gasteiger partial charge in [-0.2, -0.15) is 0 Å². The Morgan fingerprint density at radius 3 is 2.50 bits per heavy atom. The first-order valence-corrected chi connectivity index (χ1v) is 8.03. The summed E-state index contributed by atoms with van der Waals surface area (Å²) < 4.78 is 5.89. The molecule has 4 nitrogen and oxygen atoms in total. The van der Waals surface area contributed by atoms with E-state index in [4.69, 9.17) is 4.74 Å². The van der Waals surface area contributed by atoms with Crippen LogP contribution in [0.1, 0.15) is 31.4 Å². The van der Waals surface area contributed by atoms with Crippen molar-refractivity contribution in [2.75, 3.05) is 0 Å². The van der Waals surface area contributed by atoms with E-state index in [1.165, 1.54) is 0 Å². The SMILES string of the molecule is CCC(=O)OC1(C)c2ccccc2-c2[nH]c(=O)c3ccccc3c21. The van der Waals surface area contributed by atoms with E-state index in [9.17, 15) is 9.59 Å². The maximum absolute atomic E-state index is 12.5. The minimum absolute atomic E-state index is 0.134. The van der Waals surface area contributed by atoms with Crippen LogP contribution in [-0.4, -0.2) is 11.0 Å². The molecule has 2 aromatic carbocycles. The number of aromatic nitrogens is 1. The number of rotatable bonds is 2. The van der Waals surface area contributed by atoms with Crippen LogP contribution in [0.3, 0.4) is 0 Å². The van der Waals surface area contributed by atoms with Gasteiger partial charge in [0.05, 0.1) is 5.69 Å². The number of nitrogens with one attached hydrogen (secondary N) is 1. The second-order valence-electron chi connectivity index (χ2n) is 6.16. The standard InChI is InChI=1S/C20H17NO3/c1-3-16(22)24-20(2)15-11-7-6-10-14(15)18-17(20)12-8-4-5-9-13(12)19(23)21-18/h4-11H,3H2,1-2H3,(H,21,23). The zero-order valence-corrected chi connectivity index (χ0v) is 13.6. The summed E-state index contributed by atoms with van der Waals surface area (Å²) in [6.45, 7) is 3.68. The Bertz CT molecular complexity index is 1030. The van der Waals surface area contributed by atoms with Crippen molar-refractivity contribution in [3.63, 3.8) is 0 Å². The Hall–Kier alpha value is -2.88. The lowest BCUT2D eigenvalue weighted by atomic mass is 9.90. The summed E-state index contributed by atoms with van der Waals surface area (Å²) in [5, 5.41) is 1.42. The summed E-state index contributed by atoms with van der Waals surface area (Å²) in [6.07, 6.45) is 0.300. The molecule has 0 amide bonds. The summed E-state index contributed by atoms with van der Waals surface area (Å²) >= 11 is 0. The Morgan fingerprint density at radius 1 is 1.08 bits per heavy atom. The molecule has 1 N–H and O–H groups in total. The molecule has 1 aliphatic rings. The fourth-order valence-electron chi connectivity index (χ4n) is 3.63. The molecule has 1 heterocycles. The normalized spacial score (nSPS) is 18.2. The maximum atomic E-state index is 12.5. The molecule has 1 unspecified atom stereocenters. The Morgan fingerprint density at radius 2 is 1.75 bits per heavy atom. The zero-order chi connectivity index (χ0) is 16.9. The average molecular weight is 319 g/mol. The fourth-order valence-corrected chi connectivity index (χ4v) is 3.63. The quantitative estimate of drug-likeness (QED) is 0.732. The third-order valence-corrected chi connectivity index (χ3v) is 4.72. The van der Waals surface area contributed by atoms with Crippen molar-refractivity contribution < 1.29 is 9.53 Å². The molecule has 0 fully saturated rings. The molecule has 0 saturated heterocycles. The van der Waals surface area contributed by atoms with Crippen molar-refractivity contribution >= 4 is 16.7 Å². The summed E-state index contributed by atoms with van der Waals surface area (Å²) in [5.74, 6) is -0.268. The third kappa shape index (κ3) is 1.86. The van der Waals surface area contributed by atoms with Gasteiger partial charge in [0.15, 0.2) is 5.60 Å². The van der Waals surface area contributed by atoms with Gasteiger partial charge in [-0.05, 0) is 18.4 Å². The number of ether oxygens (including phenoxy) is 1. The molecular weight excluding hydrogens is 302 g/mol. The van der Waals surface area contributed by atoms with E-state index in [2.05, 4.69) is 4.98 Å². The number of carbonyl (C=O) groups excluding carboxylic acids is 1. The number of hydrogen-bond donors (Lipinski definition) is 1. The molecule has 1 aliphatic carbocycles. The molecule has 120 valence electrons. The first-order valence-electron chi connectivity index (χ1n) is 8.03. The van der Waals surface area contributed by atoms with Gasteiger partial charge in [-0.1, -0.05) is 49.4 Å². The summed E-state index contributed by atoms with van der Waals surface area (Å²) in [5.41, 5.74) is 2.34. The molecule has 24 heavy (non-hydrogen) atoms. The molecule has 1 atom stereocenters. The molecule has 0 saturated carbocycles. The molecule has 0 aliphatic heterocycles. The lowest BCUT2D eigenvalue weighted by Gasteiger charge is -2.28. The van der Waals surface area contributed by atoms with E-state index in [1.807, 2.05) is 49.4 Å². The smallest absolute Gasteiger partial charge is 0.306 e. The molecule has 0 radical (unpaired) electrons. The van der Waals surface area contributed by atoms with Gasteiger partial charge in [0.25, 0.3) is 5.56 Å². The highest BCUT2D eigenvalue weighted by molar-refractivity contribution is 5.95. The van der Waals surface area contributed by atoms with Crippen molar-refractivity contribution in [3.05, 3.63) is 70.0 Å². The second kappa shape index (κ2) is 5.06. The topological polar surface area (TPSA) is 59.2 Å². The number of hydrogen-bond acceptors (Lipinski definition) is 3. The van der Waals surface area contributed by atoms with Crippen molar-refractivity contribution in [1.82, 2.24) is 4.98 Å². The van der Waals surface area contributed by atoms with Crippen LogP contribution in [0.15, 0.2) is 53.3 Å². The van der Waals surface area contributed by atoms with Gasteiger partial charge in [-0.3, -0.25) is 9.59 Å². The van der Waals surface area contributed by atoms with E-state index in [0.29, 0.717) is 11.8 Å². The first-order chi connectivity index (χ1) is 11.6. The lowest BCUT2D eigenvalue weighted by molar-refractivity contribution is -0.154. The molecule has 0 spiro atoms. The Balaban J connectivity index is 2.13. The van der Waals surface area contributed by atoms with Crippen LogP contribution in [0, 0.1) is 0 Å². The van der Waals surface area contributed by atoms with Crippen LogP contribution in [0.2, 0.25) is 0 Å². The van der Waals surface area contributed by atoms with E-state index < -0.39 is 5.60 Å². The van der Waals surface area contributed by atoms with Crippen molar-refractivity contribution in [2.45, 2.75) is 25.9 Å². The van der Waals surface area contributed by atoms with Crippen LogP contribution in [0.5, 0.6) is 0 Å². The highest BCUT2D eigenvalue weighted by atomic mass is 16.6. The lowest BCUT2D eigenvalue weighted by Crippen LogP contribution is -2.29. The minimum atomic E-state index is -0.914. The molecule has 4 rings (SSSR count). The number of aromatic amines is 1. The molecule has 4 heteroatoms. The van der Waals surface area contributed by atoms with Crippen molar-refractivity contribution in [1.29, 1.82) is 0 Å². The third-order valence-electron chi connectivity index (χ3n) is 4.72. The van der Waals surface area contributed by atoms with Gasteiger partial charge in [0.2, 0.25) is 0 Å². The molecule has 3 aromatic rings. The second-order valence-corrected chi connectivity index (χ2v) is 6.16. The average Bonchev–Trinajstić information content (AvgIpc) is 2.84. The molecular formula is C20H17NO3. The minimum Gasteiger partial charge on any atom is -0.449 e. The fraction of sp³-hybridized carbons (Fsp3) is 0.200. The van der Waals surface area contributed by atoms with Gasteiger partial charge < -0.3 is 9.72 Å². The van der Waals surface area contributed by atoms with Gasteiger partial charge in [-0.25, -0.2) is 0 Å². The highest BCUT2D eigenvalue weighted by Crippen LogP contribution is 2.50. The molecule has 1 aromatic heterocycles. The van der Waals surface area contributed by atoms with E-state index >= 15 is 0 Å². The Labute approximate surface area is 139 Å². The predicted octanol–water partition coefficient (Wildman–Crippen LogP) is 3.73. The van der Waals surface area contributed by atoms with Crippen LogP contribution in [-0.2, 0) is 15.1 Å². The van der Waals surface area contributed by atoms with Crippen LogP contribution >= 0.6 is 0 Å². The monoisotopic (exact) mass is 319 g/mol. The largest absolute Gasteiger partial charge is 0.449 e. The summed E-state index contributed by atoms with van der Waals surface area (Å²) in [7, 11) is 0. The number of pyridine rings is 1. The number of benzene rings is 2. The van der Waals surface area contributed by atoms with Crippen LogP contribution in [0.4, 0.5) is 0 Å². The van der Waals surface area contributed by atoms with Gasteiger partial charge in [0.1, 0.15) is 0 Å². The van der Waals surface area contributed by atoms with E-state index in [1.54, 1.807) is 13.0 Å². The number of H-pyrrole nitrogens is 1. The van der Waals surface area contributed by atoms with E-state index in [0.717, 1.165) is 27.8 Å². The van der Waals surface area contributed by atoms with Gasteiger partial charge in [0, 0.05) is 28.5 Å². The van der Waals surface area contributed by atoms with Crippen molar-refractivity contribution in [3.8, 4) is 11.3 Å². The number of esters is 1. The highest BCUT2D eigenvalue weighted by Gasteiger charge is 2.44. The van der Waals surface area contributed by atoms with Crippen LogP contribution < -0.4 is 5.56 Å². The van der Waals surface area contributed by atoms with Gasteiger partial charge in [-0.15, -0.1) is 0 Å². The summed E-state index contributed by atoms with van der Waals surface area (Å²) in [6, 6.07) is 15.2. The summed E-state index contributed by atoms with van der Waals surface area (Å²) in [4.78, 5) is 27.6. The van der Waals surface area contributed by atoms with Crippen LogP contribution in [0.25, 0.3) is 22.0 Å². The Kier molecular flexibility index (Phi) is 3.10. The van der Waals surface area contributed by atoms with E-state index in [-0.39, 0.29) is 11.5 Å². The number of fused-ring (bicyclic) bond motifs is 5. The number of carbonyl (C=O) groups is 1.